The van der Waals surface area contributed by atoms with Gasteiger partial charge in [0.1, 0.15) is 24.6 Å². The van der Waals surface area contributed by atoms with Gasteiger partial charge < -0.3 is 30.5 Å². The molecule has 2 fully saturated rings. The topological polar surface area (TPSA) is 114 Å². The van der Waals surface area contributed by atoms with Gasteiger partial charge in [0.05, 0.1) is 12.7 Å². The summed E-state index contributed by atoms with van der Waals surface area (Å²) >= 11 is 0. The van der Waals surface area contributed by atoms with Gasteiger partial charge in [0, 0.05) is 37.2 Å². The van der Waals surface area contributed by atoms with E-state index in [9.17, 15) is 14.7 Å². The second-order valence-corrected chi connectivity index (χ2v) is 9.85. The number of rotatable bonds is 8. The molecule has 37 heavy (non-hydrogen) atoms. The van der Waals surface area contributed by atoms with Gasteiger partial charge in [0.2, 0.25) is 11.8 Å². The maximum absolute atomic E-state index is 15.3. The Morgan fingerprint density at radius 3 is 2.76 bits per heavy atom. The second-order valence-electron chi connectivity index (χ2n) is 9.85. The number of likely N-dealkylation sites (N-methyl/N-ethyl adjacent to an activating group) is 1. The van der Waals surface area contributed by atoms with E-state index in [0.717, 1.165) is 5.56 Å². The number of aryl methyl sites for hydroxylation is 1. The number of hydrogen-bond donors (Lipinski definition) is 3. The molecule has 1 aliphatic carbocycles. The standard InChI is InChI=1S/C28H36FN3O5/c1-3-31-25(34)16-37-27(20-8-5-9-21(29)26(20)18-7-4-6-17(2)12-18)24-15-32(10-11-36-24)28(35)19-13-22(30)23(33)14-19/h4-9,12,19,22-24,27,33H,3,10-11,13-16,30H2,1-2H3,(H,31,34)/t19-,22+,23-,24?,27-/m0/s1. The smallest absolute Gasteiger partial charge is 0.246 e. The lowest BCUT2D eigenvalue weighted by Crippen LogP contribution is -2.50. The van der Waals surface area contributed by atoms with E-state index in [2.05, 4.69) is 5.32 Å². The van der Waals surface area contributed by atoms with Crippen LogP contribution in [0.2, 0.25) is 0 Å². The number of benzene rings is 2. The molecule has 4 N–H and O–H groups in total. The predicted octanol–water partition coefficient (Wildman–Crippen LogP) is 2.32. The van der Waals surface area contributed by atoms with Gasteiger partial charge in [-0.2, -0.15) is 0 Å². The van der Waals surface area contributed by atoms with Crippen LogP contribution in [0.5, 0.6) is 0 Å². The molecule has 5 atom stereocenters. The third-order valence-electron chi connectivity index (χ3n) is 7.10. The molecule has 200 valence electrons. The van der Waals surface area contributed by atoms with Crippen LogP contribution in [-0.2, 0) is 19.1 Å². The molecule has 2 aromatic carbocycles. The zero-order chi connectivity index (χ0) is 26.5. The number of ether oxygens (including phenoxy) is 2. The van der Waals surface area contributed by atoms with Crippen molar-refractivity contribution in [1.82, 2.24) is 10.2 Å². The van der Waals surface area contributed by atoms with Crippen LogP contribution >= 0.6 is 0 Å². The third-order valence-corrected chi connectivity index (χ3v) is 7.10. The maximum Gasteiger partial charge on any atom is 0.246 e. The molecule has 0 radical (unpaired) electrons. The van der Waals surface area contributed by atoms with Crippen LogP contribution in [0.4, 0.5) is 4.39 Å². The van der Waals surface area contributed by atoms with Crippen molar-refractivity contribution in [2.45, 2.75) is 51.0 Å². The molecular weight excluding hydrogens is 477 g/mol. The SMILES string of the molecule is CCNC(=O)CO[C@@H](c1cccc(F)c1-c1cccc(C)c1)C1CN(C(=O)[C@H]2C[C@@H](N)[C@@H](O)C2)CCO1. The minimum atomic E-state index is -0.805. The van der Waals surface area contributed by atoms with Crippen molar-refractivity contribution in [2.24, 2.45) is 11.7 Å². The first-order valence-electron chi connectivity index (χ1n) is 12.9. The largest absolute Gasteiger partial charge is 0.391 e. The number of nitrogens with one attached hydrogen (secondary N) is 1. The van der Waals surface area contributed by atoms with Crippen molar-refractivity contribution in [3.63, 3.8) is 0 Å². The Labute approximate surface area is 216 Å². The maximum atomic E-state index is 15.3. The number of hydrogen-bond acceptors (Lipinski definition) is 6. The minimum absolute atomic E-state index is 0.0825. The summed E-state index contributed by atoms with van der Waals surface area (Å²) in [6, 6.07) is 11.9. The molecule has 0 bridgehead atoms. The molecule has 4 rings (SSSR count). The summed E-state index contributed by atoms with van der Waals surface area (Å²) in [5.41, 5.74) is 8.54. The van der Waals surface area contributed by atoms with E-state index in [4.69, 9.17) is 15.2 Å². The van der Waals surface area contributed by atoms with Crippen LogP contribution in [0.3, 0.4) is 0 Å². The lowest BCUT2D eigenvalue weighted by atomic mass is 9.91. The van der Waals surface area contributed by atoms with Crippen LogP contribution in [0.1, 0.15) is 37.0 Å². The van der Waals surface area contributed by atoms with Gasteiger partial charge in [-0.05, 0) is 43.9 Å². The molecule has 1 aliphatic heterocycles. The van der Waals surface area contributed by atoms with E-state index in [-0.39, 0.29) is 37.5 Å². The summed E-state index contributed by atoms with van der Waals surface area (Å²) in [6.45, 7) is 4.86. The number of carbonyl (C=O) groups excluding carboxylic acids is 2. The Morgan fingerprint density at radius 2 is 2.05 bits per heavy atom. The van der Waals surface area contributed by atoms with Gasteiger partial charge in [-0.3, -0.25) is 9.59 Å². The molecule has 9 heteroatoms. The fourth-order valence-electron chi connectivity index (χ4n) is 5.26. The third kappa shape index (κ3) is 6.35. The average molecular weight is 514 g/mol. The molecular formula is C28H36FN3O5. The van der Waals surface area contributed by atoms with Gasteiger partial charge in [0.25, 0.3) is 0 Å². The fourth-order valence-corrected chi connectivity index (χ4v) is 5.26. The van der Waals surface area contributed by atoms with Gasteiger partial charge >= 0.3 is 0 Å². The number of nitrogens with zero attached hydrogens (tertiary/aromatic N) is 1. The fraction of sp³-hybridized carbons (Fsp3) is 0.500. The number of carbonyl (C=O) groups is 2. The summed E-state index contributed by atoms with van der Waals surface area (Å²) in [5.74, 6) is -1.14. The molecule has 1 saturated carbocycles. The summed E-state index contributed by atoms with van der Waals surface area (Å²) in [4.78, 5) is 27.3. The minimum Gasteiger partial charge on any atom is -0.391 e. The van der Waals surface area contributed by atoms with Crippen molar-refractivity contribution >= 4 is 11.8 Å². The van der Waals surface area contributed by atoms with E-state index in [1.54, 1.807) is 17.0 Å². The highest BCUT2D eigenvalue weighted by Gasteiger charge is 2.40. The summed E-state index contributed by atoms with van der Waals surface area (Å²) < 4.78 is 27.5. The van der Waals surface area contributed by atoms with Crippen molar-refractivity contribution in [1.29, 1.82) is 0 Å². The lowest BCUT2D eigenvalue weighted by molar-refractivity contribution is -0.155. The molecule has 8 nitrogen and oxygen atoms in total. The Hall–Kier alpha value is -2.85. The zero-order valence-corrected chi connectivity index (χ0v) is 21.4. The van der Waals surface area contributed by atoms with E-state index in [1.807, 2.05) is 38.1 Å². The summed E-state index contributed by atoms with van der Waals surface area (Å²) in [6.07, 6.45) is -1.36. The van der Waals surface area contributed by atoms with Crippen molar-refractivity contribution in [3.8, 4) is 11.1 Å². The van der Waals surface area contributed by atoms with E-state index >= 15 is 4.39 Å². The average Bonchev–Trinajstić information content (AvgIpc) is 3.22. The number of aliphatic hydroxyl groups is 1. The molecule has 2 aliphatic rings. The highest BCUT2D eigenvalue weighted by atomic mass is 19.1. The van der Waals surface area contributed by atoms with E-state index < -0.39 is 30.2 Å². The Balaban J connectivity index is 1.65. The molecule has 2 aromatic rings. The Morgan fingerprint density at radius 1 is 1.27 bits per heavy atom. The highest BCUT2D eigenvalue weighted by molar-refractivity contribution is 5.79. The number of morpholine rings is 1. The first-order chi connectivity index (χ1) is 17.8. The normalized spacial score (nSPS) is 24.6. The number of halogens is 1. The van der Waals surface area contributed by atoms with Crippen LogP contribution in [0, 0.1) is 18.7 Å². The number of nitrogens with two attached hydrogens (primary N) is 1. The zero-order valence-electron chi connectivity index (χ0n) is 21.4. The molecule has 1 unspecified atom stereocenters. The quantitative estimate of drug-likeness (QED) is 0.499. The highest BCUT2D eigenvalue weighted by Crippen LogP contribution is 2.37. The van der Waals surface area contributed by atoms with Crippen LogP contribution < -0.4 is 11.1 Å². The van der Waals surface area contributed by atoms with Gasteiger partial charge in [-0.15, -0.1) is 0 Å². The molecule has 0 spiro atoms. The first kappa shape index (κ1) is 27.2. The van der Waals surface area contributed by atoms with Gasteiger partial charge in [0.15, 0.2) is 0 Å². The molecule has 1 saturated heterocycles. The lowest BCUT2D eigenvalue weighted by Gasteiger charge is -2.38. The van der Waals surface area contributed by atoms with Gasteiger partial charge in [-0.25, -0.2) is 4.39 Å². The van der Waals surface area contributed by atoms with E-state index in [1.165, 1.54) is 6.07 Å². The summed E-state index contributed by atoms with van der Waals surface area (Å²) in [7, 11) is 0. The van der Waals surface area contributed by atoms with Crippen molar-refractivity contribution in [2.75, 3.05) is 32.8 Å². The number of aliphatic hydroxyl groups excluding tert-OH is 1. The molecule has 1 heterocycles. The van der Waals surface area contributed by atoms with Crippen molar-refractivity contribution < 1.29 is 28.6 Å². The monoisotopic (exact) mass is 513 g/mol. The number of amides is 2. The van der Waals surface area contributed by atoms with Crippen LogP contribution in [0.15, 0.2) is 42.5 Å². The second kappa shape index (κ2) is 12.1. The predicted molar refractivity (Wildman–Crippen MR) is 137 cm³/mol. The van der Waals surface area contributed by atoms with Crippen LogP contribution in [-0.4, -0.2) is 72.9 Å². The van der Waals surface area contributed by atoms with E-state index in [0.29, 0.717) is 42.6 Å². The summed E-state index contributed by atoms with van der Waals surface area (Å²) in [5, 5.41) is 12.8. The molecule has 0 aromatic heterocycles. The Bertz CT molecular complexity index is 1100. The van der Waals surface area contributed by atoms with Gasteiger partial charge in [-0.1, -0.05) is 42.0 Å². The van der Waals surface area contributed by atoms with Crippen molar-refractivity contribution in [3.05, 3.63) is 59.4 Å². The molecule has 2 amide bonds. The van der Waals surface area contributed by atoms with Crippen LogP contribution in [0.25, 0.3) is 11.1 Å². The first-order valence-corrected chi connectivity index (χ1v) is 12.9. The Kier molecular flexibility index (Phi) is 8.91.